The quantitative estimate of drug-likeness (QED) is 0.380. The first kappa shape index (κ1) is 13.5. The predicted octanol–water partition coefficient (Wildman–Crippen LogP) is 1.95. The third-order valence-corrected chi connectivity index (χ3v) is 6.31. The van der Waals surface area contributed by atoms with Crippen molar-refractivity contribution < 1.29 is 13.8 Å². The predicted molar refractivity (Wildman–Crippen MR) is 67.0 cm³/mol. The Labute approximate surface area is 104 Å². The molecule has 0 N–H and O–H groups in total. The highest BCUT2D eigenvalue weighted by atomic mass is 31.2. The summed E-state index contributed by atoms with van der Waals surface area (Å²) in [4.78, 5) is 0. The number of hydrogen-bond acceptors (Lipinski definition) is 3. The van der Waals surface area contributed by atoms with E-state index in [1.807, 2.05) is 9.34 Å². The van der Waals surface area contributed by atoms with E-state index in [1.165, 1.54) is 0 Å². The van der Waals surface area contributed by atoms with Crippen LogP contribution >= 0.6 is 7.67 Å². The normalized spacial score (nSPS) is 38.8. The van der Waals surface area contributed by atoms with Crippen LogP contribution in [0.2, 0.25) is 0 Å². The van der Waals surface area contributed by atoms with E-state index in [2.05, 4.69) is 13.8 Å². The molecule has 0 saturated carbocycles. The Hall–Kier alpha value is 0.0700. The van der Waals surface area contributed by atoms with E-state index < -0.39 is 7.67 Å². The molecule has 2 aliphatic rings. The molecule has 0 aromatic heterocycles. The highest BCUT2D eigenvalue weighted by molar-refractivity contribution is 7.54. The molecule has 0 aromatic rings. The van der Waals surface area contributed by atoms with Gasteiger partial charge in [0.1, 0.15) is 0 Å². The van der Waals surface area contributed by atoms with Crippen molar-refractivity contribution in [2.45, 2.75) is 38.8 Å². The Morgan fingerprint density at radius 3 is 2.00 bits per heavy atom. The molecule has 0 aliphatic carbocycles. The van der Waals surface area contributed by atoms with Crippen molar-refractivity contribution in [3.05, 3.63) is 0 Å². The number of ether oxygens (including phenoxy) is 1. The summed E-state index contributed by atoms with van der Waals surface area (Å²) >= 11 is 0. The molecule has 0 bridgehead atoms. The number of rotatable bonds is 8. The topological polar surface area (TPSA) is 41.5 Å². The molecular formula is C11H23N2O3P. The summed E-state index contributed by atoms with van der Waals surface area (Å²) in [6.45, 7) is 6.99. The van der Waals surface area contributed by atoms with Gasteiger partial charge in [0, 0.05) is 32.3 Å². The SMILES string of the molecule is CCC1CN1P(=O)(OCCOC)N1CC1CC. The average molecular weight is 262 g/mol. The van der Waals surface area contributed by atoms with Gasteiger partial charge < -0.3 is 9.26 Å². The lowest BCUT2D eigenvalue weighted by molar-refractivity contribution is 0.139. The lowest BCUT2D eigenvalue weighted by Gasteiger charge is -2.21. The molecule has 2 saturated heterocycles. The molecule has 6 heteroatoms. The molecule has 2 aliphatic heterocycles. The van der Waals surface area contributed by atoms with Crippen LogP contribution in [0.4, 0.5) is 0 Å². The van der Waals surface area contributed by atoms with Gasteiger partial charge in [0.05, 0.1) is 13.2 Å². The van der Waals surface area contributed by atoms with E-state index in [-0.39, 0.29) is 0 Å². The fraction of sp³-hybridized carbons (Fsp3) is 1.00. The second-order valence-electron chi connectivity index (χ2n) is 4.68. The van der Waals surface area contributed by atoms with E-state index in [0.29, 0.717) is 25.3 Å². The fourth-order valence-electron chi connectivity index (χ4n) is 2.17. The van der Waals surface area contributed by atoms with E-state index >= 15 is 0 Å². The zero-order valence-corrected chi connectivity index (χ0v) is 11.9. The summed E-state index contributed by atoms with van der Waals surface area (Å²) in [6, 6.07) is 0.892. The molecule has 4 atom stereocenters. The van der Waals surface area contributed by atoms with Gasteiger partial charge in [-0.3, -0.25) is 4.57 Å². The van der Waals surface area contributed by atoms with Gasteiger partial charge in [-0.25, -0.2) is 9.34 Å². The van der Waals surface area contributed by atoms with Crippen LogP contribution < -0.4 is 0 Å². The van der Waals surface area contributed by atoms with Crippen LogP contribution in [-0.2, 0) is 13.8 Å². The molecule has 4 unspecified atom stereocenters. The van der Waals surface area contributed by atoms with Crippen molar-refractivity contribution in [2.24, 2.45) is 0 Å². The highest BCUT2D eigenvalue weighted by Gasteiger charge is 2.57. The van der Waals surface area contributed by atoms with E-state index in [0.717, 1.165) is 25.9 Å². The minimum Gasteiger partial charge on any atom is -0.382 e. The second kappa shape index (κ2) is 5.37. The van der Waals surface area contributed by atoms with E-state index in [4.69, 9.17) is 9.26 Å². The van der Waals surface area contributed by atoms with Gasteiger partial charge in [-0.2, -0.15) is 0 Å². The first-order valence-electron chi connectivity index (χ1n) is 6.45. The molecule has 2 fully saturated rings. The van der Waals surface area contributed by atoms with E-state index in [9.17, 15) is 4.57 Å². The van der Waals surface area contributed by atoms with Crippen molar-refractivity contribution >= 4 is 7.67 Å². The summed E-state index contributed by atoms with van der Waals surface area (Å²) in [5.41, 5.74) is 0. The molecule has 0 radical (unpaired) electrons. The molecule has 5 nitrogen and oxygen atoms in total. The molecule has 0 aromatic carbocycles. The third-order valence-electron chi connectivity index (χ3n) is 3.51. The van der Waals surface area contributed by atoms with Crippen LogP contribution in [0.1, 0.15) is 26.7 Å². The zero-order chi connectivity index (χ0) is 12.5. The van der Waals surface area contributed by atoms with Crippen molar-refractivity contribution in [1.29, 1.82) is 0 Å². The molecule has 17 heavy (non-hydrogen) atoms. The van der Waals surface area contributed by atoms with Crippen LogP contribution in [0.15, 0.2) is 0 Å². The number of methoxy groups -OCH3 is 1. The molecule has 0 amide bonds. The van der Waals surface area contributed by atoms with Crippen molar-refractivity contribution in [3.8, 4) is 0 Å². The van der Waals surface area contributed by atoms with Crippen molar-refractivity contribution in [1.82, 2.24) is 9.34 Å². The maximum atomic E-state index is 12.9. The van der Waals surface area contributed by atoms with Crippen molar-refractivity contribution in [2.75, 3.05) is 33.4 Å². The van der Waals surface area contributed by atoms with Crippen LogP contribution in [0.3, 0.4) is 0 Å². The first-order valence-corrected chi connectivity index (χ1v) is 7.98. The molecule has 0 spiro atoms. The Morgan fingerprint density at radius 2 is 1.65 bits per heavy atom. The molecule has 2 heterocycles. The Balaban J connectivity index is 1.95. The Morgan fingerprint density at radius 1 is 1.12 bits per heavy atom. The van der Waals surface area contributed by atoms with Crippen LogP contribution in [0.25, 0.3) is 0 Å². The van der Waals surface area contributed by atoms with Crippen LogP contribution in [0, 0.1) is 0 Å². The van der Waals surface area contributed by atoms with Gasteiger partial charge in [0.25, 0.3) is 0 Å². The zero-order valence-electron chi connectivity index (χ0n) is 11.0. The van der Waals surface area contributed by atoms with Crippen molar-refractivity contribution in [3.63, 3.8) is 0 Å². The van der Waals surface area contributed by atoms with Gasteiger partial charge >= 0.3 is 7.67 Å². The van der Waals surface area contributed by atoms with Gasteiger partial charge in [-0.15, -0.1) is 0 Å². The van der Waals surface area contributed by atoms with Crippen LogP contribution in [-0.4, -0.2) is 54.8 Å². The maximum Gasteiger partial charge on any atom is 0.346 e. The largest absolute Gasteiger partial charge is 0.382 e. The smallest absolute Gasteiger partial charge is 0.346 e. The van der Waals surface area contributed by atoms with Gasteiger partial charge in [0.2, 0.25) is 0 Å². The van der Waals surface area contributed by atoms with Crippen LogP contribution in [0.5, 0.6) is 0 Å². The standard InChI is InChI=1S/C11H23N2O3P/c1-4-10-8-12(10)17(14,16-7-6-15-3)13-9-11(13)5-2/h10-11H,4-9H2,1-3H3. The molecule has 100 valence electrons. The summed E-state index contributed by atoms with van der Waals surface area (Å²) in [5, 5.41) is 0. The Kier molecular flexibility index (Phi) is 4.26. The average Bonchev–Trinajstić information content (AvgIpc) is 3.20. The lowest BCUT2D eigenvalue weighted by Crippen LogP contribution is -2.14. The first-order chi connectivity index (χ1) is 8.17. The monoisotopic (exact) mass is 262 g/mol. The summed E-state index contributed by atoms with van der Waals surface area (Å²) in [7, 11) is -1.10. The highest BCUT2D eigenvalue weighted by Crippen LogP contribution is 2.65. The summed E-state index contributed by atoms with van der Waals surface area (Å²) in [5.74, 6) is 0. The minimum atomic E-state index is -2.73. The fourth-order valence-corrected chi connectivity index (χ4v) is 5.02. The van der Waals surface area contributed by atoms with Gasteiger partial charge in [0.15, 0.2) is 0 Å². The van der Waals surface area contributed by atoms with Gasteiger partial charge in [-0.05, 0) is 12.8 Å². The lowest BCUT2D eigenvalue weighted by atomic mass is 10.4. The molecular weight excluding hydrogens is 239 g/mol. The number of nitrogens with zero attached hydrogens (tertiary/aromatic N) is 2. The second-order valence-corrected chi connectivity index (χ2v) is 6.95. The third kappa shape index (κ3) is 2.74. The summed E-state index contributed by atoms with van der Waals surface area (Å²) < 4.78 is 27.6. The number of hydrogen-bond donors (Lipinski definition) is 0. The van der Waals surface area contributed by atoms with E-state index in [1.54, 1.807) is 7.11 Å². The maximum absolute atomic E-state index is 12.9. The minimum absolute atomic E-state index is 0.410. The van der Waals surface area contributed by atoms with Gasteiger partial charge in [-0.1, -0.05) is 13.8 Å². The molecule has 2 rings (SSSR count). The Bertz CT molecular complexity index is 291. The summed E-state index contributed by atoms with van der Waals surface area (Å²) in [6.07, 6.45) is 2.09.